The minimum atomic E-state index is -5.12. The topological polar surface area (TPSA) is 226 Å². The van der Waals surface area contributed by atoms with Gasteiger partial charge in [-0.2, -0.15) is 0 Å². The van der Waals surface area contributed by atoms with Gasteiger partial charge in [0.2, 0.25) is 5.91 Å². The van der Waals surface area contributed by atoms with Crippen LogP contribution in [0.25, 0.3) is 0 Å². The number of phosphoric acid groups is 1. The summed E-state index contributed by atoms with van der Waals surface area (Å²) < 4.78 is 23.0. The molecule has 0 aliphatic heterocycles. The Hall–Kier alpha value is -0.700. The molecular weight excluding hydrogens is 850 g/mol. The van der Waals surface area contributed by atoms with E-state index in [1.165, 1.54) is 167 Å². The first-order valence-electron chi connectivity index (χ1n) is 27.1. The van der Waals surface area contributed by atoms with E-state index in [9.17, 15) is 50.0 Å². The Morgan fingerprint density at radius 1 is 0.477 bits per heavy atom. The quantitative estimate of drug-likeness (QED) is 0.0205. The Labute approximate surface area is 396 Å². The van der Waals surface area contributed by atoms with E-state index < -0.39 is 75.2 Å². The molecule has 8 unspecified atom stereocenters. The van der Waals surface area contributed by atoms with E-state index in [-0.39, 0.29) is 12.8 Å². The number of hydrogen-bond donors (Lipinski definition) is 9. The number of rotatable bonds is 46. The van der Waals surface area contributed by atoms with Crippen molar-refractivity contribution in [1.29, 1.82) is 0 Å². The number of unbranched alkanes of at least 4 members (excludes halogenated alkanes) is 33. The Kier molecular flexibility index (Phi) is 39.4. The molecule has 13 nitrogen and oxygen atoms in total. The van der Waals surface area contributed by atoms with Crippen LogP contribution in [-0.4, -0.2) is 108 Å². The standard InChI is InChI=1S/C51H102NO12P/c1-3-5-7-9-11-13-15-17-19-21-22-23-25-27-29-31-33-35-37-39-44(54)43(41-63-65(61,62)64-51-49(59)47(57)46(56)48(58)50(51)60)52-45(55)40-42(53)38-36-34-32-30-28-26-24-20-18-16-14-12-10-8-6-4-2/h42-44,46-51,53-54,56-60H,3-41H2,1-2H3,(H,52,55)(H,61,62). The zero-order chi connectivity index (χ0) is 48.0. The van der Waals surface area contributed by atoms with E-state index in [4.69, 9.17) is 9.05 Å². The summed E-state index contributed by atoms with van der Waals surface area (Å²) in [6.45, 7) is 3.83. The Morgan fingerprint density at radius 2 is 0.769 bits per heavy atom. The SMILES string of the molecule is CCCCCCCCCCCCCCCCCCCCCC(O)C(COP(=O)(O)OC1C(O)C(O)C(O)C(O)C1O)NC(=O)CC(O)CCCCCCCCCCCCCCCCCC. The zero-order valence-corrected chi connectivity index (χ0v) is 42.3. The summed E-state index contributed by atoms with van der Waals surface area (Å²) in [4.78, 5) is 23.6. The Balaban J connectivity index is 2.43. The van der Waals surface area contributed by atoms with Crippen molar-refractivity contribution in [3.63, 3.8) is 0 Å². The molecule has 0 bridgehead atoms. The first-order chi connectivity index (χ1) is 31.3. The molecule has 1 rings (SSSR count). The second-order valence-corrected chi connectivity index (χ2v) is 21.0. The smallest absolute Gasteiger partial charge is 0.393 e. The fourth-order valence-electron chi connectivity index (χ4n) is 9.07. The van der Waals surface area contributed by atoms with E-state index in [0.29, 0.717) is 12.8 Å². The van der Waals surface area contributed by atoms with Crippen LogP contribution >= 0.6 is 7.82 Å². The number of carbonyl (C=O) groups is 1. The summed E-state index contributed by atoms with van der Waals surface area (Å²) in [5.41, 5.74) is 0. The maximum absolute atomic E-state index is 13.1. The number of carbonyl (C=O) groups excluding carboxylic acids is 1. The molecule has 0 saturated heterocycles. The van der Waals surface area contributed by atoms with Crippen LogP contribution in [0, 0.1) is 0 Å². The second kappa shape index (κ2) is 41.1. The number of aliphatic hydroxyl groups excluding tert-OH is 7. The van der Waals surface area contributed by atoms with Crippen LogP contribution in [0.5, 0.6) is 0 Å². The highest BCUT2D eigenvalue weighted by atomic mass is 31.2. The van der Waals surface area contributed by atoms with E-state index >= 15 is 0 Å². The molecule has 14 heteroatoms. The fourth-order valence-corrected chi connectivity index (χ4v) is 10.0. The van der Waals surface area contributed by atoms with Crippen LogP contribution in [0.4, 0.5) is 0 Å². The molecule has 0 radical (unpaired) electrons. The monoisotopic (exact) mass is 952 g/mol. The van der Waals surface area contributed by atoms with Gasteiger partial charge in [-0.25, -0.2) is 4.57 Å². The first kappa shape index (κ1) is 62.3. The molecule has 1 aliphatic rings. The highest BCUT2D eigenvalue weighted by Crippen LogP contribution is 2.47. The molecule has 0 heterocycles. The third kappa shape index (κ3) is 32.7. The number of hydrogen-bond acceptors (Lipinski definition) is 11. The minimum absolute atomic E-state index is 0.215. The second-order valence-electron chi connectivity index (χ2n) is 19.6. The van der Waals surface area contributed by atoms with Crippen LogP contribution in [-0.2, 0) is 18.4 Å². The van der Waals surface area contributed by atoms with E-state index in [1.54, 1.807) is 0 Å². The molecule has 0 aromatic carbocycles. The normalized spacial score (nSPS) is 22.4. The van der Waals surface area contributed by atoms with Crippen molar-refractivity contribution < 1.29 is 59.0 Å². The molecule has 1 amide bonds. The predicted molar refractivity (Wildman–Crippen MR) is 261 cm³/mol. The molecule has 8 atom stereocenters. The molecule has 1 fully saturated rings. The van der Waals surface area contributed by atoms with E-state index in [2.05, 4.69) is 19.2 Å². The van der Waals surface area contributed by atoms with E-state index in [0.717, 1.165) is 51.4 Å². The summed E-state index contributed by atoms with van der Waals surface area (Å²) in [7, 11) is -5.12. The summed E-state index contributed by atoms with van der Waals surface area (Å²) in [5, 5.41) is 74.9. The number of phosphoric ester groups is 1. The van der Waals surface area contributed by atoms with Gasteiger partial charge in [0.15, 0.2) is 0 Å². The number of amides is 1. The average Bonchev–Trinajstić information content (AvgIpc) is 3.28. The third-order valence-corrected chi connectivity index (χ3v) is 14.5. The fraction of sp³-hybridized carbons (Fsp3) is 0.980. The molecule has 9 N–H and O–H groups in total. The van der Waals surface area contributed by atoms with Gasteiger partial charge in [0, 0.05) is 0 Å². The average molecular weight is 952 g/mol. The molecule has 0 spiro atoms. The van der Waals surface area contributed by atoms with Gasteiger partial charge in [-0.1, -0.05) is 239 Å². The van der Waals surface area contributed by atoms with Crippen LogP contribution in [0.15, 0.2) is 0 Å². The maximum atomic E-state index is 13.1. The van der Waals surface area contributed by atoms with Gasteiger partial charge in [0.05, 0.1) is 31.3 Å². The van der Waals surface area contributed by atoms with Gasteiger partial charge in [-0.05, 0) is 12.8 Å². The van der Waals surface area contributed by atoms with Crippen molar-refractivity contribution in [2.75, 3.05) is 6.61 Å². The van der Waals surface area contributed by atoms with Crippen LogP contribution in [0.3, 0.4) is 0 Å². The largest absolute Gasteiger partial charge is 0.472 e. The van der Waals surface area contributed by atoms with Crippen molar-refractivity contribution >= 4 is 13.7 Å². The number of nitrogens with one attached hydrogen (secondary N) is 1. The van der Waals surface area contributed by atoms with Crippen molar-refractivity contribution in [2.24, 2.45) is 0 Å². The van der Waals surface area contributed by atoms with Crippen LogP contribution in [0.2, 0.25) is 0 Å². The highest BCUT2D eigenvalue weighted by Gasteiger charge is 2.51. The molecule has 1 saturated carbocycles. The lowest BCUT2D eigenvalue weighted by molar-refractivity contribution is -0.220. The summed E-state index contributed by atoms with van der Waals surface area (Å²) in [5.74, 6) is -0.554. The summed E-state index contributed by atoms with van der Waals surface area (Å²) >= 11 is 0. The van der Waals surface area contributed by atoms with Crippen molar-refractivity contribution in [1.82, 2.24) is 5.32 Å². The molecule has 388 valence electrons. The van der Waals surface area contributed by atoms with Crippen molar-refractivity contribution in [3.8, 4) is 0 Å². The third-order valence-electron chi connectivity index (χ3n) is 13.5. The molecule has 0 aromatic rings. The molecule has 0 aromatic heterocycles. The van der Waals surface area contributed by atoms with Gasteiger partial charge in [-0.15, -0.1) is 0 Å². The lowest BCUT2D eigenvalue weighted by Gasteiger charge is -2.41. The Bertz CT molecular complexity index is 1120. The molecular formula is C51H102NO12P. The highest BCUT2D eigenvalue weighted by molar-refractivity contribution is 7.47. The molecule has 1 aliphatic carbocycles. The van der Waals surface area contributed by atoms with Crippen LogP contribution in [0.1, 0.15) is 258 Å². The van der Waals surface area contributed by atoms with E-state index in [1.807, 2.05) is 0 Å². The summed E-state index contributed by atoms with van der Waals surface area (Å²) in [6, 6.07) is -1.15. The zero-order valence-electron chi connectivity index (χ0n) is 41.4. The first-order valence-corrected chi connectivity index (χ1v) is 28.6. The van der Waals surface area contributed by atoms with Crippen molar-refractivity contribution in [3.05, 3.63) is 0 Å². The minimum Gasteiger partial charge on any atom is -0.393 e. The van der Waals surface area contributed by atoms with Gasteiger partial charge in [0.25, 0.3) is 0 Å². The maximum Gasteiger partial charge on any atom is 0.472 e. The molecule has 65 heavy (non-hydrogen) atoms. The van der Waals surface area contributed by atoms with Gasteiger partial charge in [0.1, 0.15) is 36.6 Å². The summed E-state index contributed by atoms with van der Waals surface area (Å²) in [6.07, 6.45) is 30.0. The van der Waals surface area contributed by atoms with Crippen LogP contribution < -0.4 is 5.32 Å². The Morgan fingerprint density at radius 3 is 1.11 bits per heavy atom. The predicted octanol–water partition coefficient (Wildman–Crippen LogP) is 10.4. The van der Waals surface area contributed by atoms with Gasteiger partial charge >= 0.3 is 7.82 Å². The van der Waals surface area contributed by atoms with Crippen molar-refractivity contribution in [2.45, 2.75) is 313 Å². The lowest BCUT2D eigenvalue weighted by Crippen LogP contribution is -2.64. The van der Waals surface area contributed by atoms with Gasteiger partial charge in [-0.3, -0.25) is 13.8 Å². The van der Waals surface area contributed by atoms with Gasteiger partial charge < -0.3 is 46.0 Å². The lowest BCUT2D eigenvalue weighted by atomic mass is 9.85. The number of aliphatic hydroxyl groups is 7.